The number of nitrogens with zero attached hydrogens (tertiary/aromatic N) is 4. The fourth-order valence-corrected chi connectivity index (χ4v) is 4.77. The summed E-state index contributed by atoms with van der Waals surface area (Å²) in [7, 11) is 1.95. The lowest BCUT2D eigenvalue weighted by Gasteiger charge is -2.36. The molecule has 1 atom stereocenters. The molecular formula is C23H30N4O4. The van der Waals surface area contributed by atoms with E-state index in [4.69, 9.17) is 19.3 Å². The number of aromatic nitrogens is 2. The van der Waals surface area contributed by atoms with Crippen molar-refractivity contribution in [3.63, 3.8) is 0 Å². The van der Waals surface area contributed by atoms with Gasteiger partial charge >= 0.3 is 0 Å². The number of amides is 1. The minimum atomic E-state index is 0.0706. The third kappa shape index (κ3) is 4.41. The van der Waals surface area contributed by atoms with Crippen LogP contribution in [-0.4, -0.2) is 78.1 Å². The van der Waals surface area contributed by atoms with E-state index in [0.29, 0.717) is 39.5 Å². The van der Waals surface area contributed by atoms with E-state index >= 15 is 0 Å². The molecule has 1 amide bonds. The number of piperidine rings is 1. The molecule has 0 bridgehead atoms. The SMILES string of the molecule is Cn1cc(CN2CCCC(C(=O)N3CCOCC3)C2)c(-c2ccc3c(c2)OCCO3)n1. The van der Waals surface area contributed by atoms with Gasteiger partial charge in [0.25, 0.3) is 0 Å². The Morgan fingerprint density at radius 1 is 1.10 bits per heavy atom. The molecule has 0 aliphatic carbocycles. The van der Waals surface area contributed by atoms with Crippen LogP contribution in [0.25, 0.3) is 11.3 Å². The summed E-state index contributed by atoms with van der Waals surface area (Å²) in [5.41, 5.74) is 3.15. The van der Waals surface area contributed by atoms with E-state index in [1.807, 2.05) is 34.8 Å². The molecule has 0 N–H and O–H groups in total. The van der Waals surface area contributed by atoms with E-state index in [0.717, 1.165) is 55.2 Å². The van der Waals surface area contributed by atoms with Crippen molar-refractivity contribution in [1.82, 2.24) is 19.6 Å². The third-order valence-corrected chi connectivity index (χ3v) is 6.29. The largest absolute Gasteiger partial charge is 0.486 e. The molecule has 0 spiro atoms. The monoisotopic (exact) mass is 426 g/mol. The topological polar surface area (TPSA) is 69.1 Å². The van der Waals surface area contributed by atoms with Crippen LogP contribution in [0, 0.1) is 5.92 Å². The molecule has 2 aromatic rings. The Kier molecular flexibility index (Phi) is 5.82. The highest BCUT2D eigenvalue weighted by Gasteiger charge is 2.30. The number of likely N-dealkylation sites (tertiary alicyclic amines) is 1. The maximum atomic E-state index is 13.0. The normalized spacial score (nSPS) is 21.8. The molecular weight excluding hydrogens is 396 g/mol. The number of hydrogen-bond acceptors (Lipinski definition) is 6. The van der Waals surface area contributed by atoms with Gasteiger partial charge in [-0.15, -0.1) is 0 Å². The first kappa shape index (κ1) is 20.3. The Morgan fingerprint density at radius 2 is 1.90 bits per heavy atom. The summed E-state index contributed by atoms with van der Waals surface area (Å²) in [6.07, 6.45) is 4.09. The number of morpholine rings is 1. The predicted molar refractivity (Wildman–Crippen MR) is 115 cm³/mol. The number of ether oxygens (including phenoxy) is 3. The average Bonchev–Trinajstić information content (AvgIpc) is 3.19. The number of carbonyl (C=O) groups excluding carboxylic acids is 1. The number of rotatable bonds is 4. The highest BCUT2D eigenvalue weighted by molar-refractivity contribution is 5.79. The van der Waals surface area contributed by atoms with Crippen LogP contribution in [0.2, 0.25) is 0 Å². The van der Waals surface area contributed by atoms with Gasteiger partial charge in [0.15, 0.2) is 11.5 Å². The van der Waals surface area contributed by atoms with E-state index in [1.54, 1.807) is 0 Å². The minimum absolute atomic E-state index is 0.0706. The zero-order valence-corrected chi connectivity index (χ0v) is 18.1. The summed E-state index contributed by atoms with van der Waals surface area (Å²) in [6.45, 7) is 6.46. The summed E-state index contributed by atoms with van der Waals surface area (Å²) in [4.78, 5) is 17.4. The van der Waals surface area contributed by atoms with Crippen molar-refractivity contribution >= 4 is 5.91 Å². The van der Waals surface area contributed by atoms with E-state index in [2.05, 4.69) is 11.1 Å². The van der Waals surface area contributed by atoms with Gasteiger partial charge in [-0.25, -0.2) is 0 Å². The minimum Gasteiger partial charge on any atom is -0.486 e. The molecule has 0 radical (unpaired) electrons. The molecule has 2 saturated heterocycles. The zero-order valence-electron chi connectivity index (χ0n) is 18.1. The quantitative estimate of drug-likeness (QED) is 0.744. The number of aryl methyl sites for hydroxylation is 1. The van der Waals surface area contributed by atoms with Gasteiger partial charge in [0.05, 0.1) is 24.8 Å². The third-order valence-electron chi connectivity index (χ3n) is 6.29. The molecule has 8 nitrogen and oxygen atoms in total. The Hall–Kier alpha value is -2.58. The Bertz CT molecular complexity index is 938. The summed E-state index contributed by atoms with van der Waals surface area (Å²) in [6, 6.07) is 6.02. The Balaban J connectivity index is 1.31. The van der Waals surface area contributed by atoms with Crippen LogP contribution in [0.1, 0.15) is 18.4 Å². The van der Waals surface area contributed by atoms with E-state index < -0.39 is 0 Å². The van der Waals surface area contributed by atoms with Crippen LogP contribution < -0.4 is 9.47 Å². The maximum Gasteiger partial charge on any atom is 0.227 e. The standard InChI is InChI=1S/C23H30N4O4/c1-25-14-19(22(24-25)17-4-5-20-21(13-17)31-12-11-30-20)16-26-6-2-3-18(15-26)23(28)27-7-9-29-10-8-27/h4-5,13-14,18H,2-3,6-12,15-16H2,1H3. The van der Waals surface area contributed by atoms with Gasteiger partial charge in [0.2, 0.25) is 5.91 Å². The van der Waals surface area contributed by atoms with Gasteiger partial charge in [-0.05, 0) is 37.6 Å². The molecule has 1 aromatic heterocycles. The summed E-state index contributed by atoms with van der Waals surface area (Å²) in [5, 5.41) is 4.73. The van der Waals surface area contributed by atoms with Crippen molar-refractivity contribution in [2.24, 2.45) is 13.0 Å². The van der Waals surface area contributed by atoms with Crippen LogP contribution in [0.15, 0.2) is 24.4 Å². The van der Waals surface area contributed by atoms with Crippen LogP contribution in [0.5, 0.6) is 11.5 Å². The van der Waals surface area contributed by atoms with Gasteiger partial charge in [0.1, 0.15) is 13.2 Å². The Labute approximate surface area is 182 Å². The van der Waals surface area contributed by atoms with Crippen molar-refractivity contribution < 1.29 is 19.0 Å². The second kappa shape index (κ2) is 8.88. The number of benzene rings is 1. The maximum absolute atomic E-state index is 13.0. The predicted octanol–water partition coefficient (Wildman–Crippen LogP) is 1.93. The molecule has 2 fully saturated rings. The summed E-state index contributed by atoms with van der Waals surface area (Å²) in [5.74, 6) is 1.91. The first-order valence-corrected chi connectivity index (χ1v) is 11.2. The molecule has 3 aliphatic heterocycles. The van der Waals surface area contributed by atoms with Gasteiger partial charge in [-0.1, -0.05) is 0 Å². The first-order valence-electron chi connectivity index (χ1n) is 11.2. The van der Waals surface area contributed by atoms with Crippen LogP contribution in [0.3, 0.4) is 0 Å². The lowest BCUT2D eigenvalue weighted by atomic mass is 9.95. The van der Waals surface area contributed by atoms with E-state index in [9.17, 15) is 4.79 Å². The molecule has 0 saturated carbocycles. The fraction of sp³-hybridized carbons (Fsp3) is 0.565. The van der Waals surface area contributed by atoms with Gasteiger partial charge in [-0.3, -0.25) is 14.4 Å². The molecule has 166 valence electrons. The molecule has 31 heavy (non-hydrogen) atoms. The summed E-state index contributed by atoms with van der Waals surface area (Å²) < 4.78 is 18.7. The molecule has 4 heterocycles. The average molecular weight is 427 g/mol. The van der Waals surface area contributed by atoms with Gasteiger partial charge < -0.3 is 19.1 Å². The lowest BCUT2D eigenvalue weighted by molar-refractivity contribution is -0.141. The van der Waals surface area contributed by atoms with Crippen molar-refractivity contribution in [2.45, 2.75) is 19.4 Å². The molecule has 1 unspecified atom stereocenters. The van der Waals surface area contributed by atoms with Crippen molar-refractivity contribution in [1.29, 1.82) is 0 Å². The fourth-order valence-electron chi connectivity index (χ4n) is 4.77. The highest BCUT2D eigenvalue weighted by atomic mass is 16.6. The first-order chi connectivity index (χ1) is 15.2. The summed E-state index contributed by atoms with van der Waals surface area (Å²) >= 11 is 0. The van der Waals surface area contributed by atoms with Crippen molar-refractivity contribution in [3.8, 4) is 22.8 Å². The smallest absolute Gasteiger partial charge is 0.227 e. The zero-order chi connectivity index (χ0) is 21.2. The van der Waals surface area contributed by atoms with Gasteiger partial charge in [-0.2, -0.15) is 5.10 Å². The van der Waals surface area contributed by atoms with Crippen LogP contribution in [-0.2, 0) is 23.1 Å². The molecule has 3 aliphatic rings. The van der Waals surface area contributed by atoms with E-state index in [1.165, 1.54) is 5.56 Å². The molecule has 5 rings (SSSR count). The van der Waals surface area contributed by atoms with Crippen LogP contribution in [0.4, 0.5) is 0 Å². The highest BCUT2D eigenvalue weighted by Crippen LogP contribution is 2.35. The second-order valence-corrected chi connectivity index (χ2v) is 8.55. The van der Waals surface area contributed by atoms with E-state index in [-0.39, 0.29) is 11.8 Å². The van der Waals surface area contributed by atoms with Crippen molar-refractivity contribution in [3.05, 3.63) is 30.0 Å². The van der Waals surface area contributed by atoms with Crippen molar-refractivity contribution in [2.75, 3.05) is 52.6 Å². The Morgan fingerprint density at radius 3 is 2.74 bits per heavy atom. The molecule has 8 heteroatoms. The number of hydrogen-bond donors (Lipinski definition) is 0. The van der Waals surface area contributed by atoms with Gasteiger partial charge in [0, 0.05) is 50.6 Å². The number of fused-ring (bicyclic) bond motifs is 1. The number of carbonyl (C=O) groups is 1. The second-order valence-electron chi connectivity index (χ2n) is 8.55. The molecule has 1 aromatic carbocycles. The van der Waals surface area contributed by atoms with Crippen LogP contribution >= 0.6 is 0 Å². The lowest BCUT2D eigenvalue weighted by Crippen LogP contribution is -2.48.